The van der Waals surface area contributed by atoms with Gasteiger partial charge in [0.25, 0.3) is 0 Å². The first-order valence-corrected chi connectivity index (χ1v) is 10.0. The first-order valence-electron chi connectivity index (χ1n) is 10.0. The first kappa shape index (κ1) is 21.5. The molecule has 2 aromatic carbocycles. The molecule has 1 heterocycles. The number of rotatable bonds is 6. The van der Waals surface area contributed by atoms with Crippen LogP contribution in [0.5, 0.6) is 11.5 Å². The third-order valence-corrected chi connectivity index (χ3v) is 5.35. The molecule has 1 N–H and O–H groups in total. The molecule has 0 aromatic heterocycles. The topological polar surface area (TPSA) is 77.1 Å². The van der Waals surface area contributed by atoms with E-state index in [2.05, 4.69) is 5.32 Å². The number of esters is 1. The number of hydrogen-bond acceptors (Lipinski definition) is 5. The van der Waals surface area contributed by atoms with Crippen molar-refractivity contribution in [2.75, 3.05) is 32.6 Å². The second kappa shape index (κ2) is 10.0. The molecule has 1 saturated heterocycles. The largest absolute Gasteiger partial charge is 0.493 e. The summed E-state index contributed by atoms with van der Waals surface area (Å²) in [6, 6.07) is 12.9. The molecule has 0 bridgehead atoms. The van der Waals surface area contributed by atoms with E-state index in [1.54, 1.807) is 19.1 Å². The third kappa shape index (κ3) is 5.23. The quantitative estimate of drug-likeness (QED) is 0.726. The molecule has 160 valence electrons. The molecule has 7 nitrogen and oxygen atoms in total. The van der Waals surface area contributed by atoms with Crippen molar-refractivity contribution in [2.24, 2.45) is 5.92 Å². The van der Waals surface area contributed by atoms with E-state index in [0.717, 1.165) is 16.8 Å². The van der Waals surface area contributed by atoms with Gasteiger partial charge in [-0.05, 0) is 55.2 Å². The number of amides is 2. The number of nitrogens with one attached hydrogen (secondary N) is 1. The van der Waals surface area contributed by atoms with Gasteiger partial charge in [-0.25, -0.2) is 4.79 Å². The molecule has 30 heavy (non-hydrogen) atoms. The summed E-state index contributed by atoms with van der Waals surface area (Å²) in [5, 5.41) is 2.88. The maximum atomic E-state index is 12.5. The van der Waals surface area contributed by atoms with Crippen LogP contribution in [0.25, 0.3) is 0 Å². The lowest BCUT2D eigenvalue weighted by Crippen LogP contribution is -2.42. The van der Waals surface area contributed by atoms with Crippen molar-refractivity contribution >= 4 is 17.7 Å². The second-order valence-electron chi connectivity index (χ2n) is 7.30. The van der Waals surface area contributed by atoms with Crippen LogP contribution in [0, 0.1) is 12.8 Å². The van der Waals surface area contributed by atoms with Crippen LogP contribution in [-0.4, -0.2) is 44.2 Å². The molecule has 1 fully saturated rings. The third-order valence-electron chi connectivity index (χ3n) is 5.35. The molecule has 7 heteroatoms. The van der Waals surface area contributed by atoms with E-state index in [9.17, 15) is 9.59 Å². The fraction of sp³-hybridized carbons (Fsp3) is 0.391. The van der Waals surface area contributed by atoms with E-state index in [1.807, 2.05) is 49.4 Å². The summed E-state index contributed by atoms with van der Waals surface area (Å²) in [6.07, 6.45) is 1.18. The monoisotopic (exact) mass is 412 g/mol. The number of carbonyl (C=O) groups is 2. The van der Waals surface area contributed by atoms with Gasteiger partial charge >= 0.3 is 12.0 Å². The number of benzene rings is 2. The minimum absolute atomic E-state index is 0.144. The van der Waals surface area contributed by atoms with Crippen molar-refractivity contribution in [3.05, 3.63) is 53.6 Å². The molecular weight excluding hydrogens is 384 g/mol. The van der Waals surface area contributed by atoms with Gasteiger partial charge in [0, 0.05) is 18.8 Å². The number of likely N-dealkylation sites (tertiary alicyclic amines) is 1. The molecule has 2 amide bonds. The van der Waals surface area contributed by atoms with Gasteiger partial charge in [-0.3, -0.25) is 4.79 Å². The SMILES string of the molecule is COc1cc(C)c(COC(=O)C2CCN(C(=O)Nc3ccccc3)CC2)cc1OC. The Labute approximate surface area is 176 Å². The zero-order valence-electron chi connectivity index (χ0n) is 17.6. The number of piperidine rings is 1. The number of aryl methyl sites for hydroxylation is 1. The Kier molecular flexibility index (Phi) is 7.17. The number of hydrogen-bond donors (Lipinski definition) is 1. The number of carbonyl (C=O) groups excluding carboxylic acids is 2. The maximum Gasteiger partial charge on any atom is 0.321 e. The van der Waals surface area contributed by atoms with Crippen LogP contribution in [0.15, 0.2) is 42.5 Å². The van der Waals surface area contributed by atoms with Crippen LogP contribution in [0.1, 0.15) is 24.0 Å². The minimum Gasteiger partial charge on any atom is -0.493 e. The molecule has 0 spiro atoms. The summed E-state index contributed by atoms with van der Waals surface area (Å²) in [5.74, 6) is 0.816. The Hall–Kier alpha value is -3.22. The smallest absolute Gasteiger partial charge is 0.321 e. The van der Waals surface area contributed by atoms with Crippen molar-refractivity contribution in [2.45, 2.75) is 26.4 Å². The number of ether oxygens (including phenoxy) is 3. The van der Waals surface area contributed by atoms with Gasteiger partial charge in [0.1, 0.15) is 6.61 Å². The van der Waals surface area contributed by atoms with Crippen molar-refractivity contribution in [1.82, 2.24) is 4.90 Å². The highest BCUT2D eigenvalue weighted by Crippen LogP contribution is 2.31. The maximum absolute atomic E-state index is 12.5. The highest BCUT2D eigenvalue weighted by molar-refractivity contribution is 5.89. The Balaban J connectivity index is 1.49. The predicted molar refractivity (Wildman–Crippen MR) is 114 cm³/mol. The molecule has 0 saturated carbocycles. The van der Waals surface area contributed by atoms with E-state index in [1.165, 1.54) is 0 Å². The van der Waals surface area contributed by atoms with Crippen LogP contribution in [-0.2, 0) is 16.1 Å². The first-order chi connectivity index (χ1) is 14.5. The van der Waals surface area contributed by atoms with Gasteiger partial charge in [0.2, 0.25) is 0 Å². The fourth-order valence-corrected chi connectivity index (χ4v) is 3.49. The number of nitrogens with zero attached hydrogens (tertiary/aromatic N) is 1. The Bertz CT molecular complexity index is 877. The van der Waals surface area contributed by atoms with Gasteiger partial charge < -0.3 is 24.4 Å². The summed E-state index contributed by atoms with van der Waals surface area (Å²) < 4.78 is 16.2. The lowest BCUT2D eigenvalue weighted by Gasteiger charge is -2.31. The van der Waals surface area contributed by atoms with Crippen LogP contribution in [0.3, 0.4) is 0 Å². The highest BCUT2D eigenvalue weighted by atomic mass is 16.5. The number of anilines is 1. The number of para-hydroxylation sites is 1. The average molecular weight is 412 g/mol. The Morgan fingerprint density at radius 1 is 1.03 bits per heavy atom. The normalized spacial score (nSPS) is 14.2. The predicted octanol–water partition coefficient (Wildman–Crippen LogP) is 4.00. The van der Waals surface area contributed by atoms with Gasteiger partial charge in [-0.1, -0.05) is 18.2 Å². The van der Waals surface area contributed by atoms with Crippen LogP contribution < -0.4 is 14.8 Å². The van der Waals surface area contributed by atoms with Crippen LogP contribution >= 0.6 is 0 Å². The fourth-order valence-electron chi connectivity index (χ4n) is 3.49. The average Bonchev–Trinajstić information content (AvgIpc) is 2.78. The molecule has 3 rings (SSSR count). The summed E-state index contributed by atoms with van der Waals surface area (Å²) in [4.78, 5) is 26.6. The highest BCUT2D eigenvalue weighted by Gasteiger charge is 2.28. The van der Waals surface area contributed by atoms with Crippen molar-refractivity contribution in [3.8, 4) is 11.5 Å². The minimum atomic E-state index is -0.229. The van der Waals surface area contributed by atoms with E-state index in [-0.39, 0.29) is 24.5 Å². The van der Waals surface area contributed by atoms with E-state index in [0.29, 0.717) is 37.4 Å². The molecule has 0 atom stereocenters. The zero-order valence-corrected chi connectivity index (χ0v) is 17.6. The molecule has 1 aliphatic rings. The molecule has 1 aliphatic heterocycles. The van der Waals surface area contributed by atoms with Gasteiger partial charge in [-0.15, -0.1) is 0 Å². The molecule has 2 aromatic rings. The summed E-state index contributed by atoms with van der Waals surface area (Å²) >= 11 is 0. The second-order valence-corrected chi connectivity index (χ2v) is 7.30. The Morgan fingerprint density at radius 2 is 1.67 bits per heavy atom. The lowest BCUT2D eigenvalue weighted by molar-refractivity contribution is -0.151. The molecule has 0 aliphatic carbocycles. The van der Waals surface area contributed by atoms with E-state index < -0.39 is 0 Å². The number of urea groups is 1. The summed E-state index contributed by atoms with van der Waals surface area (Å²) in [5.41, 5.74) is 2.60. The summed E-state index contributed by atoms with van der Waals surface area (Å²) in [7, 11) is 3.16. The van der Waals surface area contributed by atoms with Crippen molar-refractivity contribution in [3.63, 3.8) is 0 Å². The zero-order chi connectivity index (χ0) is 21.5. The van der Waals surface area contributed by atoms with Crippen LogP contribution in [0.2, 0.25) is 0 Å². The lowest BCUT2D eigenvalue weighted by atomic mass is 9.97. The van der Waals surface area contributed by atoms with Crippen LogP contribution in [0.4, 0.5) is 10.5 Å². The van der Waals surface area contributed by atoms with Crippen molar-refractivity contribution in [1.29, 1.82) is 0 Å². The Morgan fingerprint density at radius 3 is 2.30 bits per heavy atom. The van der Waals surface area contributed by atoms with E-state index >= 15 is 0 Å². The van der Waals surface area contributed by atoms with E-state index in [4.69, 9.17) is 14.2 Å². The molecule has 0 radical (unpaired) electrons. The van der Waals surface area contributed by atoms with Gasteiger partial charge in [0.05, 0.1) is 20.1 Å². The molecule has 0 unspecified atom stereocenters. The standard InChI is InChI=1S/C23H28N2O5/c1-16-13-20(28-2)21(29-3)14-18(16)15-30-22(26)17-9-11-25(12-10-17)23(27)24-19-7-5-4-6-8-19/h4-8,13-14,17H,9-12,15H2,1-3H3,(H,24,27). The number of methoxy groups -OCH3 is 2. The van der Waals surface area contributed by atoms with Crippen molar-refractivity contribution < 1.29 is 23.8 Å². The summed E-state index contributed by atoms with van der Waals surface area (Å²) in [6.45, 7) is 3.16. The van der Waals surface area contributed by atoms with Gasteiger partial charge in [0.15, 0.2) is 11.5 Å². The van der Waals surface area contributed by atoms with Gasteiger partial charge in [-0.2, -0.15) is 0 Å². The molecular formula is C23H28N2O5.